The van der Waals surface area contributed by atoms with Crippen LogP contribution in [0.25, 0.3) is 0 Å². The fourth-order valence-corrected chi connectivity index (χ4v) is 6.72. The van der Waals surface area contributed by atoms with Crippen molar-refractivity contribution in [2.24, 2.45) is 8.73 Å². The quantitative estimate of drug-likeness (QED) is 0.148. The fraction of sp³-hybridized carbons (Fsp3) is 0.412. The van der Waals surface area contributed by atoms with Gasteiger partial charge in [0.25, 0.3) is 0 Å². The summed E-state index contributed by atoms with van der Waals surface area (Å²) < 4.78 is 43.8. The molecule has 0 bridgehead atoms. The van der Waals surface area contributed by atoms with Gasteiger partial charge >= 0.3 is 5.69 Å². The van der Waals surface area contributed by atoms with E-state index in [0.717, 1.165) is 17.9 Å². The number of aromatic nitrogens is 4. The van der Waals surface area contributed by atoms with E-state index in [4.69, 9.17) is 15.2 Å². The molecule has 0 unspecified atom stereocenters. The monoisotopic (exact) mass is 782 g/mol. The van der Waals surface area contributed by atoms with Gasteiger partial charge in [0.05, 0.1) is 37.0 Å². The van der Waals surface area contributed by atoms with Crippen LogP contribution in [0.3, 0.4) is 0 Å². The standard InChI is InChI=1S/C17H22N6O4S.C17H24N6O2S/c1-12-11-27-8-7-22(12)13-9-15(19-16(10-13)21-28(2,3)26)20-17-14(23(24)25)5-4-6-18-17;1-12-11-25-8-7-23(12)13-9-15(20-16(10-13)22-26(2,3)24)21-17-14(18)5-4-6-19-17/h4-6,9-10,12H,7-8,11H2,1-3H3,(H,18,19,20);4-6,9-10,12H,7-8,11,18H2,1-3H3,(H,19,20,21)/t2*12-/m11/s1. The molecule has 4 aromatic rings. The highest BCUT2D eigenvalue weighted by Crippen LogP contribution is 2.32. The van der Waals surface area contributed by atoms with E-state index in [0.29, 0.717) is 61.9 Å². The third kappa shape index (κ3) is 11.4. The lowest BCUT2D eigenvalue weighted by molar-refractivity contribution is -0.384. The van der Waals surface area contributed by atoms with Gasteiger partial charge in [-0.3, -0.25) is 10.1 Å². The maximum Gasteiger partial charge on any atom is 0.311 e. The first kappa shape index (κ1) is 40.0. The maximum atomic E-state index is 12.2. The van der Waals surface area contributed by atoms with Crippen LogP contribution in [0.2, 0.25) is 0 Å². The maximum absolute atomic E-state index is 12.2. The smallest absolute Gasteiger partial charge is 0.311 e. The highest BCUT2D eigenvalue weighted by Gasteiger charge is 2.23. The highest BCUT2D eigenvalue weighted by molar-refractivity contribution is 7.92. The second-order valence-corrected chi connectivity index (χ2v) is 18.3. The van der Waals surface area contributed by atoms with Crippen LogP contribution in [-0.2, 0) is 28.9 Å². The van der Waals surface area contributed by atoms with Gasteiger partial charge in [0.1, 0.15) is 11.6 Å². The number of hydrogen-bond acceptors (Lipinski definition) is 17. The number of nitrogens with zero attached hydrogens (tertiary/aromatic N) is 9. The van der Waals surface area contributed by atoms with Crippen molar-refractivity contribution in [1.29, 1.82) is 0 Å². The lowest BCUT2D eigenvalue weighted by Crippen LogP contribution is -2.43. The number of nitrogen functional groups attached to an aromatic ring is 1. The summed E-state index contributed by atoms with van der Waals surface area (Å²) in [7, 11) is -4.77. The van der Waals surface area contributed by atoms with Crippen LogP contribution in [0.1, 0.15) is 13.8 Å². The Morgan fingerprint density at radius 2 is 1.26 bits per heavy atom. The third-order valence-electron chi connectivity index (χ3n) is 7.93. The van der Waals surface area contributed by atoms with Gasteiger partial charge in [-0.25, -0.2) is 28.4 Å². The van der Waals surface area contributed by atoms with E-state index in [2.05, 4.69) is 56.0 Å². The van der Waals surface area contributed by atoms with Crippen molar-refractivity contribution in [3.05, 3.63) is 71.0 Å². The Labute approximate surface area is 315 Å². The second-order valence-electron chi connectivity index (χ2n) is 13.2. The van der Waals surface area contributed by atoms with Crippen LogP contribution >= 0.6 is 0 Å². The van der Waals surface area contributed by atoms with Crippen LogP contribution in [0, 0.1) is 10.1 Å². The first-order chi connectivity index (χ1) is 25.5. The molecular weight excluding hydrogens is 737 g/mol. The van der Waals surface area contributed by atoms with Crippen molar-refractivity contribution >= 4 is 77.1 Å². The van der Waals surface area contributed by atoms with Crippen LogP contribution < -0.4 is 26.2 Å². The predicted octanol–water partition coefficient (Wildman–Crippen LogP) is 5.10. The minimum absolute atomic E-state index is 0.0758. The molecule has 20 heteroatoms. The summed E-state index contributed by atoms with van der Waals surface area (Å²) in [6, 6.07) is 14.0. The van der Waals surface area contributed by atoms with Crippen LogP contribution in [0.5, 0.6) is 0 Å². The normalized spacial score (nSPS) is 17.5. The molecule has 0 saturated carbocycles. The van der Waals surface area contributed by atoms with Crippen molar-refractivity contribution in [3.63, 3.8) is 0 Å². The number of pyridine rings is 4. The number of nitrogens with one attached hydrogen (secondary N) is 2. The summed E-state index contributed by atoms with van der Waals surface area (Å²) in [5.41, 5.74) is 8.07. The van der Waals surface area contributed by atoms with E-state index in [1.165, 1.54) is 30.8 Å². The van der Waals surface area contributed by atoms with Gasteiger partial charge in [0.15, 0.2) is 17.5 Å². The topological polar surface area (TPSA) is 229 Å². The molecular formula is C34H46N12O6S2. The van der Waals surface area contributed by atoms with Crippen molar-refractivity contribution < 1.29 is 22.8 Å². The van der Waals surface area contributed by atoms with Gasteiger partial charge in [-0.05, 0) is 32.0 Å². The van der Waals surface area contributed by atoms with Gasteiger partial charge in [-0.1, -0.05) is 0 Å². The Hall–Kier alpha value is -5.18. The third-order valence-corrected chi connectivity index (χ3v) is 9.19. The van der Waals surface area contributed by atoms with E-state index < -0.39 is 24.4 Å². The number of rotatable bonds is 9. The molecule has 4 N–H and O–H groups in total. The zero-order chi connectivity index (χ0) is 39.0. The summed E-state index contributed by atoms with van der Waals surface area (Å²) in [5.74, 6) is 2.17. The van der Waals surface area contributed by atoms with E-state index >= 15 is 0 Å². The lowest BCUT2D eigenvalue weighted by atomic mass is 10.2. The number of hydrogen-bond donors (Lipinski definition) is 3. The van der Waals surface area contributed by atoms with Crippen molar-refractivity contribution in [2.45, 2.75) is 25.9 Å². The molecule has 290 valence electrons. The van der Waals surface area contributed by atoms with Crippen LogP contribution in [0.4, 0.5) is 57.7 Å². The number of anilines is 7. The SMILES string of the molecule is C[C@@H]1COCCN1c1cc(N=S(C)(C)=O)nc(Nc2ncccc2N)c1.C[C@@H]1COCCN1c1cc(N=S(C)(C)=O)nc(Nc2ncccc2[N+](=O)[O-])c1. The van der Waals surface area contributed by atoms with E-state index in [1.807, 2.05) is 19.1 Å². The molecule has 2 fully saturated rings. The summed E-state index contributed by atoms with van der Waals surface area (Å²) >= 11 is 0. The number of morpholine rings is 2. The van der Waals surface area contributed by atoms with Crippen LogP contribution in [0.15, 0.2) is 69.7 Å². The molecule has 2 aliphatic rings. The molecule has 0 aromatic carbocycles. The summed E-state index contributed by atoms with van der Waals surface area (Å²) in [6.45, 7) is 8.08. The zero-order valence-corrected chi connectivity index (χ0v) is 32.7. The first-order valence-corrected chi connectivity index (χ1v) is 21.6. The Morgan fingerprint density at radius 3 is 1.70 bits per heavy atom. The fourth-order valence-electron chi connectivity index (χ4n) is 5.63. The molecule has 2 saturated heterocycles. The Balaban J connectivity index is 0.000000208. The van der Waals surface area contributed by atoms with Gasteiger partial charge in [-0.2, -0.15) is 8.73 Å². The summed E-state index contributed by atoms with van der Waals surface area (Å²) in [5, 5.41) is 17.3. The average molecular weight is 783 g/mol. The van der Waals surface area contributed by atoms with E-state index in [9.17, 15) is 18.5 Å². The largest absolute Gasteiger partial charge is 0.396 e. The van der Waals surface area contributed by atoms with Crippen molar-refractivity contribution in [3.8, 4) is 0 Å². The molecule has 6 rings (SSSR count). The molecule has 0 radical (unpaired) electrons. The molecule has 0 spiro atoms. The van der Waals surface area contributed by atoms with Gasteiger partial charge in [0, 0.05) is 124 Å². The molecule has 18 nitrogen and oxygen atoms in total. The second kappa shape index (κ2) is 17.3. The Morgan fingerprint density at radius 1 is 0.796 bits per heavy atom. The van der Waals surface area contributed by atoms with Gasteiger partial charge in [-0.15, -0.1) is 0 Å². The number of nitro groups is 1. The molecule has 0 amide bonds. The summed E-state index contributed by atoms with van der Waals surface area (Å²) in [4.78, 5) is 32.2. The van der Waals surface area contributed by atoms with Crippen molar-refractivity contribution in [1.82, 2.24) is 19.9 Å². The Kier molecular flexibility index (Phi) is 12.8. The minimum atomic E-state index is -2.43. The molecule has 2 atom stereocenters. The molecule has 54 heavy (non-hydrogen) atoms. The van der Waals surface area contributed by atoms with Gasteiger partial charge < -0.3 is 35.6 Å². The number of nitrogens with two attached hydrogens (primary N) is 1. The average Bonchev–Trinajstić information content (AvgIpc) is 3.08. The molecule has 6 heterocycles. The van der Waals surface area contributed by atoms with Crippen molar-refractivity contribution in [2.75, 3.05) is 90.7 Å². The first-order valence-electron chi connectivity index (χ1n) is 17.0. The van der Waals surface area contributed by atoms with Crippen LogP contribution in [-0.4, -0.2) is 110 Å². The van der Waals surface area contributed by atoms with Gasteiger partial charge in [0.2, 0.25) is 5.82 Å². The van der Waals surface area contributed by atoms with E-state index in [-0.39, 0.29) is 29.4 Å². The predicted molar refractivity (Wildman–Crippen MR) is 214 cm³/mol. The molecule has 2 aliphatic heterocycles. The van der Waals surface area contributed by atoms with E-state index in [1.54, 1.807) is 43.0 Å². The number of ether oxygens (including phenoxy) is 2. The lowest BCUT2D eigenvalue weighted by Gasteiger charge is -2.35. The molecule has 0 aliphatic carbocycles. The molecule has 4 aromatic heterocycles. The minimum Gasteiger partial charge on any atom is -0.396 e. The zero-order valence-electron chi connectivity index (χ0n) is 31.0. The highest BCUT2D eigenvalue weighted by atomic mass is 32.2. The Bertz CT molecular complexity index is 2210. The summed E-state index contributed by atoms with van der Waals surface area (Å²) in [6.07, 6.45) is 9.33.